The Labute approximate surface area is 135 Å². The van der Waals surface area contributed by atoms with Gasteiger partial charge in [0.05, 0.1) is 0 Å². The Morgan fingerprint density at radius 1 is 1.17 bits per heavy atom. The monoisotopic (exact) mass is 315 g/mol. The van der Waals surface area contributed by atoms with E-state index in [2.05, 4.69) is 5.32 Å². The van der Waals surface area contributed by atoms with Gasteiger partial charge in [-0.1, -0.05) is 37.3 Å². The number of nitrogens with zero attached hydrogens (tertiary/aromatic N) is 2. The van der Waals surface area contributed by atoms with Gasteiger partial charge >= 0.3 is 6.03 Å². The Hall–Kier alpha value is -2.37. The Morgan fingerprint density at radius 2 is 1.83 bits per heavy atom. The summed E-state index contributed by atoms with van der Waals surface area (Å²) in [6.45, 7) is 3.09. The highest BCUT2D eigenvalue weighted by Crippen LogP contribution is 2.32. The molecule has 0 aliphatic carbocycles. The van der Waals surface area contributed by atoms with Crippen LogP contribution in [0.2, 0.25) is 0 Å². The van der Waals surface area contributed by atoms with E-state index in [0.717, 1.165) is 23.3 Å². The van der Waals surface area contributed by atoms with E-state index in [0.29, 0.717) is 19.5 Å². The zero-order chi connectivity index (χ0) is 16.4. The summed E-state index contributed by atoms with van der Waals surface area (Å²) in [7, 11) is 0. The van der Waals surface area contributed by atoms with Gasteiger partial charge in [-0.15, -0.1) is 0 Å². The second-order valence-corrected chi connectivity index (χ2v) is 6.03. The van der Waals surface area contributed by atoms with Crippen LogP contribution in [0.4, 0.5) is 4.79 Å². The molecule has 1 unspecified atom stereocenters. The average molecular weight is 315 g/mol. The fraction of sp³-hybridized carbons (Fsp3) is 0.471. The average Bonchev–Trinajstić information content (AvgIpc) is 3.19. The van der Waals surface area contributed by atoms with E-state index >= 15 is 0 Å². The highest BCUT2D eigenvalue weighted by molar-refractivity contribution is 6.09. The van der Waals surface area contributed by atoms with Crippen molar-refractivity contribution < 1.29 is 14.4 Å². The lowest BCUT2D eigenvalue weighted by atomic mass is 9.87. The van der Waals surface area contributed by atoms with E-state index in [-0.39, 0.29) is 18.4 Å². The number of amides is 4. The first kappa shape index (κ1) is 15.5. The number of urea groups is 1. The first-order valence-electron chi connectivity index (χ1n) is 8.06. The minimum Gasteiger partial charge on any atom is -0.341 e. The minimum atomic E-state index is -1.07. The van der Waals surface area contributed by atoms with Crippen LogP contribution in [0.3, 0.4) is 0 Å². The van der Waals surface area contributed by atoms with Crippen molar-refractivity contribution in [2.75, 3.05) is 19.6 Å². The molecule has 0 radical (unpaired) electrons. The molecule has 122 valence electrons. The van der Waals surface area contributed by atoms with Gasteiger partial charge in [0, 0.05) is 13.1 Å². The van der Waals surface area contributed by atoms with Crippen LogP contribution in [-0.2, 0) is 15.1 Å². The van der Waals surface area contributed by atoms with Crippen LogP contribution in [0.15, 0.2) is 30.3 Å². The third-order valence-corrected chi connectivity index (χ3v) is 4.72. The summed E-state index contributed by atoms with van der Waals surface area (Å²) in [5.41, 5.74) is -0.319. The predicted octanol–water partition coefficient (Wildman–Crippen LogP) is 1.47. The molecule has 6 nitrogen and oxygen atoms in total. The van der Waals surface area contributed by atoms with Gasteiger partial charge in [-0.2, -0.15) is 0 Å². The van der Waals surface area contributed by atoms with Crippen molar-refractivity contribution in [3.05, 3.63) is 35.9 Å². The normalized spacial score (nSPS) is 24.2. The summed E-state index contributed by atoms with van der Waals surface area (Å²) >= 11 is 0. The first-order valence-corrected chi connectivity index (χ1v) is 8.06. The van der Waals surface area contributed by atoms with Crippen LogP contribution in [-0.4, -0.2) is 47.3 Å². The predicted molar refractivity (Wildman–Crippen MR) is 84.5 cm³/mol. The van der Waals surface area contributed by atoms with Gasteiger partial charge in [0.15, 0.2) is 0 Å². The van der Waals surface area contributed by atoms with Crippen LogP contribution in [0, 0.1) is 0 Å². The van der Waals surface area contributed by atoms with E-state index < -0.39 is 11.6 Å². The molecule has 2 aliphatic heterocycles. The molecule has 1 N–H and O–H groups in total. The molecule has 2 heterocycles. The summed E-state index contributed by atoms with van der Waals surface area (Å²) in [5, 5.41) is 2.80. The Bertz CT molecular complexity index is 625. The third-order valence-electron chi connectivity index (χ3n) is 4.72. The molecule has 0 aromatic heterocycles. The SMILES string of the molecule is CCC1(c2ccccc2)NC(=O)N(CC(=O)N2CCCC2)C1=O. The van der Waals surface area contributed by atoms with Crippen molar-refractivity contribution in [1.29, 1.82) is 0 Å². The lowest BCUT2D eigenvalue weighted by molar-refractivity contribution is -0.138. The summed E-state index contributed by atoms with van der Waals surface area (Å²) < 4.78 is 0. The molecular formula is C17H21N3O3. The minimum absolute atomic E-state index is 0.161. The van der Waals surface area contributed by atoms with E-state index in [9.17, 15) is 14.4 Å². The number of carbonyl (C=O) groups excluding carboxylic acids is 3. The second-order valence-electron chi connectivity index (χ2n) is 6.03. The Kier molecular flexibility index (Phi) is 4.07. The smallest absolute Gasteiger partial charge is 0.325 e. The first-order chi connectivity index (χ1) is 11.1. The number of benzene rings is 1. The van der Waals surface area contributed by atoms with Gasteiger partial charge in [0.25, 0.3) is 5.91 Å². The molecule has 0 bridgehead atoms. The summed E-state index contributed by atoms with van der Waals surface area (Å²) in [4.78, 5) is 40.2. The maximum Gasteiger partial charge on any atom is 0.325 e. The highest BCUT2D eigenvalue weighted by Gasteiger charge is 2.51. The number of imide groups is 1. The molecule has 4 amide bonds. The number of hydrogen-bond acceptors (Lipinski definition) is 3. The van der Waals surface area contributed by atoms with Crippen molar-refractivity contribution in [3.63, 3.8) is 0 Å². The van der Waals surface area contributed by atoms with Crippen LogP contribution in [0.25, 0.3) is 0 Å². The molecule has 2 saturated heterocycles. The van der Waals surface area contributed by atoms with Gasteiger partial charge in [0.1, 0.15) is 12.1 Å². The van der Waals surface area contributed by atoms with Crippen molar-refractivity contribution in [2.24, 2.45) is 0 Å². The zero-order valence-electron chi connectivity index (χ0n) is 13.2. The standard InChI is InChI=1S/C17H21N3O3/c1-2-17(13-8-4-3-5-9-13)15(22)20(16(23)18-17)12-14(21)19-10-6-7-11-19/h3-5,8-9H,2,6-7,10-12H2,1H3,(H,18,23). The molecule has 1 aromatic carbocycles. The van der Waals surface area contributed by atoms with Gasteiger partial charge in [-0.3, -0.25) is 14.5 Å². The molecule has 1 atom stereocenters. The van der Waals surface area contributed by atoms with Crippen LogP contribution < -0.4 is 5.32 Å². The number of likely N-dealkylation sites (tertiary alicyclic amines) is 1. The maximum absolute atomic E-state index is 12.9. The molecule has 3 rings (SSSR count). The van der Waals surface area contributed by atoms with Crippen LogP contribution in [0.5, 0.6) is 0 Å². The second kappa shape index (κ2) is 6.02. The van der Waals surface area contributed by atoms with E-state index in [1.165, 1.54) is 0 Å². The highest BCUT2D eigenvalue weighted by atomic mass is 16.2. The fourth-order valence-corrected chi connectivity index (χ4v) is 3.33. The topological polar surface area (TPSA) is 69.7 Å². The Balaban J connectivity index is 1.82. The van der Waals surface area contributed by atoms with Gasteiger partial charge in [-0.05, 0) is 24.8 Å². The fourth-order valence-electron chi connectivity index (χ4n) is 3.33. The maximum atomic E-state index is 12.9. The van der Waals surface area contributed by atoms with E-state index in [4.69, 9.17) is 0 Å². The zero-order valence-corrected chi connectivity index (χ0v) is 13.2. The molecule has 1 aromatic rings. The summed E-state index contributed by atoms with van der Waals surface area (Å²) in [6.07, 6.45) is 2.40. The number of hydrogen-bond donors (Lipinski definition) is 1. The van der Waals surface area contributed by atoms with E-state index in [1.807, 2.05) is 37.3 Å². The van der Waals surface area contributed by atoms with Gasteiger partial charge in [-0.25, -0.2) is 4.79 Å². The number of rotatable bonds is 4. The lowest BCUT2D eigenvalue weighted by Crippen LogP contribution is -2.45. The largest absolute Gasteiger partial charge is 0.341 e. The lowest BCUT2D eigenvalue weighted by Gasteiger charge is -2.26. The summed E-state index contributed by atoms with van der Waals surface area (Å²) in [5.74, 6) is -0.505. The summed E-state index contributed by atoms with van der Waals surface area (Å²) in [6, 6.07) is 8.70. The Morgan fingerprint density at radius 3 is 2.43 bits per heavy atom. The van der Waals surface area contributed by atoms with Gasteiger partial charge < -0.3 is 10.2 Å². The quantitative estimate of drug-likeness (QED) is 0.855. The number of nitrogens with one attached hydrogen (secondary N) is 1. The van der Waals surface area contributed by atoms with Gasteiger partial charge in [0.2, 0.25) is 5.91 Å². The van der Waals surface area contributed by atoms with Crippen LogP contribution >= 0.6 is 0 Å². The van der Waals surface area contributed by atoms with Crippen molar-refractivity contribution in [1.82, 2.24) is 15.1 Å². The molecule has 2 fully saturated rings. The molecule has 23 heavy (non-hydrogen) atoms. The van der Waals surface area contributed by atoms with Crippen molar-refractivity contribution in [2.45, 2.75) is 31.7 Å². The molecule has 2 aliphatic rings. The van der Waals surface area contributed by atoms with E-state index in [1.54, 1.807) is 4.90 Å². The molecule has 0 spiro atoms. The van der Waals surface area contributed by atoms with Crippen molar-refractivity contribution >= 4 is 17.8 Å². The van der Waals surface area contributed by atoms with Crippen molar-refractivity contribution in [3.8, 4) is 0 Å². The molecule has 0 saturated carbocycles. The van der Waals surface area contributed by atoms with Crippen LogP contribution in [0.1, 0.15) is 31.7 Å². The third kappa shape index (κ3) is 2.58. The number of carbonyl (C=O) groups is 3. The molecule has 6 heteroatoms. The molecular weight excluding hydrogens is 294 g/mol.